The molecule has 1 aromatic heterocycles. The normalized spacial score (nSPS) is 12.7. The number of fused-ring (bicyclic) bond motifs is 1. The lowest BCUT2D eigenvalue weighted by Gasteiger charge is -2.30. The van der Waals surface area contributed by atoms with Gasteiger partial charge in [-0.15, -0.1) is 11.6 Å². The molecule has 2 amide bonds. The molecule has 0 saturated heterocycles. The van der Waals surface area contributed by atoms with E-state index < -0.39 is 0 Å². The second-order valence-electron chi connectivity index (χ2n) is 9.69. The number of nitrogens with one attached hydrogen (secondary N) is 1. The molecule has 2 heterocycles. The van der Waals surface area contributed by atoms with E-state index in [1.807, 2.05) is 24.6 Å². The Balaban J connectivity index is 1.44. The van der Waals surface area contributed by atoms with Crippen molar-refractivity contribution in [3.63, 3.8) is 0 Å². The lowest BCUT2D eigenvalue weighted by molar-refractivity contribution is 0.0734. The average Bonchev–Trinajstić information content (AvgIpc) is 3.25. The van der Waals surface area contributed by atoms with Crippen LogP contribution in [0.5, 0.6) is 11.5 Å². The number of nitrogens with zero attached hydrogens (tertiary/aromatic N) is 2. The number of aromatic nitrogens is 1. The lowest BCUT2D eigenvalue weighted by atomic mass is 9.97. The van der Waals surface area contributed by atoms with Crippen LogP contribution < -0.4 is 10.1 Å². The van der Waals surface area contributed by atoms with Crippen LogP contribution in [-0.4, -0.2) is 45.4 Å². The SMILES string of the molecule is Cc1c(C(=O)Nc2cccc(OCCCl)c2)cc(-c2cc(Cl)ccc2C(=O)N2CCc3c(O)cccc3C2)n1C. The summed E-state index contributed by atoms with van der Waals surface area (Å²) in [6, 6.07) is 19.5. The Hall–Kier alpha value is -3.94. The minimum atomic E-state index is -0.281. The van der Waals surface area contributed by atoms with Crippen LogP contribution in [-0.2, 0) is 20.0 Å². The van der Waals surface area contributed by atoms with E-state index in [0.717, 1.165) is 16.8 Å². The standard InChI is InChI=1S/C31H29Cl2N3O4/c1-19-26(30(38)34-22-6-4-7-23(16-22)40-14-12-32)17-28(35(19)2)27-15-21(33)9-10-25(27)31(39)36-13-11-24-20(18-36)5-3-8-29(24)37/h3-10,15-17,37H,11-14,18H2,1-2H3,(H,34,38). The first-order valence-electron chi connectivity index (χ1n) is 12.9. The van der Waals surface area contributed by atoms with Gasteiger partial charge < -0.3 is 24.6 Å². The number of carbonyl (C=O) groups excluding carboxylic acids is 2. The Morgan fingerprint density at radius 3 is 2.65 bits per heavy atom. The highest BCUT2D eigenvalue weighted by Crippen LogP contribution is 2.33. The van der Waals surface area contributed by atoms with Crippen LogP contribution in [0.1, 0.15) is 37.5 Å². The molecule has 2 N–H and O–H groups in total. The van der Waals surface area contributed by atoms with Crippen LogP contribution in [0.3, 0.4) is 0 Å². The summed E-state index contributed by atoms with van der Waals surface area (Å²) in [7, 11) is 1.86. The molecule has 5 rings (SSSR count). The third-order valence-electron chi connectivity index (χ3n) is 7.23. The lowest BCUT2D eigenvalue weighted by Crippen LogP contribution is -2.36. The van der Waals surface area contributed by atoms with Crippen molar-refractivity contribution < 1.29 is 19.4 Å². The van der Waals surface area contributed by atoms with Gasteiger partial charge in [-0.05, 0) is 61.4 Å². The fourth-order valence-corrected chi connectivity index (χ4v) is 5.30. The number of halogens is 2. The fraction of sp³-hybridized carbons (Fsp3) is 0.226. The Labute approximate surface area is 242 Å². The highest BCUT2D eigenvalue weighted by molar-refractivity contribution is 6.31. The zero-order valence-electron chi connectivity index (χ0n) is 22.2. The van der Waals surface area contributed by atoms with Crippen LogP contribution >= 0.6 is 23.2 Å². The van der Waals surface area contributed by atoms with Crippen molar-refractivity contribution in [2.45, 2.75) is 19.9 Å². The molecule has 40 heavy (non-hydrogen) atoms. The van der Waals surface area contributed by atoms with Gasteiger partial charge in [0.1, 0.15) is 18.1 Å². The molecule has 0 radical (unpaired) electrons. The Bertz CT molecular complexity index is 1600. The molecule has 0 spiro atoms. The van der Waals surface area contributed by atoms with Crippen LogP contribution in [0, 0.1) is 6.92 Å². The van der Waals surface area contributed by atoms with Gasteiger partial charge >= 0.3 is 0 Å². The molecule has 3 aromatic carbocycles. The van der Waals surface area contributed by atoms with Crippen LogP contribution in [0.25, 0.3) is 11.3 Å². The number of amides is 2. The molecule has 1 aliphatic heterocycles. The molecule has 0 fully saturated rings. The number of ether oxygens (including phenoxy) is 1. The van der Waals surface area contributed by atoms with Crippen molar-refractivity contribution in [3.05, 3.63) is 99.7 Å². The van der Waals surface area contributed by atoms with Gasteiger partial charge in [0.25, 0.3) is 11.8 Å². The molecular weight excluding hydrogens is 549 g/mol. The topological polar surface area (TPSA) is 83.8 Å². The van der Waals surface area contributed by atoms with E-state index in [9.17, 15) is 14.7 Å². The Morgan fingerprint density at radius 1 is 1.05 bits per heavy atom. The molecule has 0 aliphatic carbocycles. The number of hydrogen-bond acceptors (Lipinski definition) is 4. The van der Waals surface area contributed by atoms with Gasteiger partial charge in [-0.2, -0.15) is 0 Å². The van der Waals surface area contributed by atoms with E-state index >= 15 is 0 Å². The summed E-state index contributed by atoms with van der Waals surface area (Å²) in [5, 5.41) is 13.6. The molecule has 206 valence electrons. The summed E-state index contributed by atoms with van der Waals surface area (Å²) in [5.74, 6) is 0.819. The van der Waals surface area contributed by atoms with Crippen molar-refractivity contribution in [2.24, 2.45) is 7.05 Å². The number of carbonyl (C=O) groups is 2. The van der Waals surface area contributed by atoms with Crippen LogP contribution in [0.4, 0.5) is 5.69 Å². The molecule has 9 heteroatoms. The summed E-state index contributed by atoms with van der Waals surface area (Å²) < 4.78 is 7.45. The van der Waals surface area contributed by atoms with Crippen LogP contribution in [0.15, 0.2) is 66.7 Å². The minimum Gasteiger partial charge on any atom is -0.508 e. The largest absolute Gasteiger partial charge is 0.508 e. The number of hydrogen-bond donors (Lipinski definition) is 2. The van der Waals surface area contributed by atoms with Gasteiger partial charge in [-0.25, -0.2) is 0 Å². The van der Waals surface area contributed by atoms with Gasteiger partial charge in [0.05, 0.1) is 11.4 Å². The predicted molar refractivity (Wildman–Crippen MR) is 158 cm³/mol. The second kappa shape index (κ2) is 11.7. The smallest absolute Gasteiger partial charge is 0.257 e. The van der Waals surface area contributed by atoms with Gasteiger partial charge in [0.2, 0.25) is 0 Å². The number of benzene rings is 3. The number of alkyl halides is 1. The van der Waals surface area contributed by atoms with E-state index in [1.54, 1.807) is 65.6 Å². The summed E-state index contributed by atoms with van der Waals surface area (Å²) >= 11 is 12.1. The number of aromatic hydroxyl groups is 1. The van der Waals surface area contributed by atoms with Gasteiger partial charge in [0, 0.05) is 65.0 Å². The maximum absolute atomic E-state index is 13.8. The average molecular weight is 578 g/mol. The fourth-order valence-electron chi connectivity index (χ4n) is 5.05. The van der Waals surface area contributed by atoms with E-state index in [2.05, 4.69) is 5.32 Å². The molecular formula is C31H29Cl2N3O4. The van der Waals surface area contributed by atoms with Crippen molar-refractivity contribution in [3.8, 4) is 22.8 Å². The van der Waals surface area contributed by atoms with E-state index in [4.69, 9.17) is 27.9 Å². The van der Waals surface area contributed by atoms with Gasteiger partial charge in [-0.1, -0.05) is 29.8 Å². The number of anilines is 1. The van der Waals surface area contributed by atoms with E-state index in [-0.39, 0.29) is 17.6 Å². The summed E-state index contributed by atoms with van der Waals surface area (Å²) in [6.07, 6.45) is 0.572. The van der Waals surface area contributed by atoms with Crippen molar-refractivity contribution >= 4 is 40.7 Å². The first-order valence-corrected chi connectivity index (χ1v) is 13.8. The van der Waals surface area contributed by atoms with Crippen LogP contribution in [0.2, 0.25) is 5.02 Å². The van der Waals surface area contributed by atoms with Gasteiger partial charge in [0.15, 0.2) is 0 Å². The minimum absolute atomic E-state index is 0.140. The molecule has 4 aromatic rings. The summed E-state index contributed by atoms with van der Waals surface area (Å²) in [4.78, 5) is 28.9. The maximum Gasteiger partial charge on any atom is 0.257 e. The van der Waals surface area contributed by atoms with Crippen molar-refractivity contribution in [2.75, 3.05) is 24.3 Å². The monoisotopic (exact) mass is 577 g/mol. The molecule has 0 atom stereocenters. The molecule has 0 bridgehead atoms. The maximum atomic E-state index is 13.8. The number of phenols is 1. The van der Waals surface area contributed by atoms with E-state index in [0.29, 0.717) is 70.8 Å². The Morgan fingerprint density at radius 2 is 1.85 bits per heavy atom. The van der Waals surface area contributed by atoms with Crippen molar-refractivity contribution in [1.29, 1.82) is 0 Å². The highest BCUT2D eigenvalue weighted by atomic mass is 35.5. The zero-order valence-corrected chi connectivity index (χ0v) is 23.7. The Kier molecular flexibility index (Phi) is 8.05. The summed E-state index contributed by atoms with van der Waals surface area (Å²) in [5.41, 5.74) is 5.45. The highest BCUT2D eigenvalue weighted by Gasteiger charge is 2.27. The molecule has 0 unspecified atom stereocenters. The first kappa shape index (κ1) is 27.6. The third-order valence-corrected chi connectivity index (χ3v) is 7.62. The molecule has 0 saturated carbocycles. The molecule has 1 aliphatic rings. The summed E-state index contributed by atoms with van der Waals surface area (Å²) in [6.45, 7) is 3.11. The third kappa shape index (κ3) is 5.53. The number of rotatable bonds is 7. The van der Waals surface area contributed by atoms with Crippen molar-refractivity contribution in [1.82, 2.24) is 9.47 Å². The second-order valence-corrected chi connectivity index (χ2v) is 10.5. The van der Waals surface area contributed by atoms with E-state index in [1.165, 1.54) is 0 Å². The number of phenolic OH excluding ortho intramolecular Hbond substituents is 1. The molecule has 7 nitrogen and oxygen atoms in total. The first-order chi connectivity index (χ1) is 19.3. The van der Waals surface area contributed by atoms with Gasteiger partial charge in [-0.3, -0.25) is 9.59 Å². The zero-order chi connectivity index (χ0) is 28.4. The quantitative estimate of drug-likeness (QED) is 0.248. The predicted octanol–water partition coefficient (Wildman–Crippen LogP) is 6.43.